The second-order valence-electron chi connectivity index (χ2n) is 7.31. The molecule has 1 heterocycles. The molecule has 0 atom stereocenters. The number of benzene rings is 1. The number of carbonyl (C=O) groups excluding carboxylic acids is 1. The minimum absolute atomic E-state index is 0.349. The van der Waals surface area contributed by atoms with Crippen molar-refractivity contribution < 1.29 is 4.79 Å². The molecular formula is C20H29ClN2O. The molecule has 1 aliphatic heterocycles. The topological polar surface area (TPSA) is 23.6 Å². The van der Waals surface area contributed by atoms with Crippen LogP contribution in [0.1, 0.15) is 44.1 Å². The summed E-state index contributed by atoms with van der Waals surface area (Å²) < 4.78 is 0. The van der Waals surface area contributed by atoms with Crippen molar-refractivity contribution in [3.63, 3.8) is 0 Å². The first-order chi connectivity index (χ1) is 11.7. The van der Waals surface area contributed by atoms with E-state index in [9.17, 15) is 4.79 Å². The molecule has 0 bridgehead atoms. The fraction of sp³-hybridized carbons (Fsp3) is 0.650. The predicted octanol–water partition coefficient (Wildman–Crippen LogP) is 4.00. The van der Waals surface area contributed by atoms with Crippen molar-refractivity contribution in [3.05, 3.63) is 34.9 Å². The lowest BCUT2D eigenvalue weighted by molar-refractivity contribution is -0.132. The SMILES string of the molecule is O=C(CCN(CCc1ccc(Cl)cc1)CC1CC1)N1CCCCC1. The molecule has 0 radical (unpaired) electrons. The van der Waals surface area contributed by atoms with Gasteiger partial charge in [-0.1, -0.05) is 23.7 Å². The van der Waals surface area contributed by atoms with Crippen LogP contribution in [0.5, 0.6) is 0 Å². The molecule has 0 spiro atoms. The fourth-order valence-electron chi connectivity index (χ4n) is 3.45. The lowest BCUT2D eigenvalue weighted by atomic mass is 10.1. The smallest absolute Gasteiger partial charge is 0.223 e. The quantitative estimate of drug-likeness (QED) is 0.709. The van der Waals surface area contributed by atoms with E-state index in [0.29, 0.717) is 12.3 Å². The van der Waals surface area contributed by atoms with Crippen molar-refractivity contribution >= 4 is 17.5 Å². The molecule has 132 valence electrons. The van der Waals surface area contributed by atoms with E-state index in [1.807, 2.05) is 12.1 Å². The van der Waals surface area contributed by atoms with Gasteiger partial charge in [0.25, 0.3) is 0 Å². The molecule has 1 amide bonds. The van der Waals surface area contributed by atoms with E-state index >= 15 is 0 Å². The molecule has 4 heteroatoms. The van der Waals surface area contributed by atoms with Crippen LogP contribution in [0, 0.1) is 5.92 Å². The molecule has 1 aliphatic carbocycles. The average molecular weight is 349 g/mol. The number of nitrogens with zero attached hydrogens (tertiary/aromatic N) is 2. The van der Waals surface area contributed by atoms with E-state index < -0.39 is 0 Å². The first-order valence-electron chi connectivity index (χ1n) is 9.45. The fourth-order valence-corrected chi connectivity index (χ4v) is 3.58. The van der Waals surface area contributed by atoms with Crippen LogP contribution >= 0.6 is 11.6 Å². The molecule has 0 aromatic heterocycles. The molecule has 1 aromatic rings. The summed E-state index contributed by atoms with van der Waals surface area (Å²) in [5.41, 5.74) is 1.32. The zero-order valence-electron chi connectivity index (χ0n) is 14.6. The summed E-state index contributed by atoms with van der Waals surface area (Å²) in [6.07, 6.45) is 8.05. The highest BCUT2D eigenvalue weighted by Gasteiger charge is 2.25. The van der Waals surface area contributed by atoms with Crippen molar-refractivity contribution in [1.82, 2.24) is 9.80 Å². The van der Waals surface area contributed by atoms with Crippen LogP contribution in [0.15, 0.2) is 24.3 Å². The molecule has 24 heavy (non-hydrogen) atoms. The molecule has 1 saturated heterocycles. The van der Waals surface area contributed by atoms with Crippen LogP contribution in [0.4, 0.5) is 0 Å². The first kappa shape index (κ1) is 17.8. The number of carbonyl (C=O) groups is 1. The summed E-state index contributed by atoms with van der Waals surface area (Å²) >= 11 is 5.96. The minimum Gasteiger partial charge on any atom is -0.343 e. The highest BCUT2D eigenvalue weighted by atomic mass is 35.5. The van der Waals surface area contributed by atoms with Crippen LogP contribution < -0.4 is 0 Å². The summed E-state index contributed by atoms with van der Waals surface area (Å²) in [5.74, 6) is 1.21. The van der Waals surface area contributed by atoms with Crippen LogP contribution in [0.2, 0.25) is 5.02 Å². The van der Waals surface area contributed by atoms with Gasteiger partial charge in [0.1, 0.15) is 0 Å². The molecule has 0 unspecified atom stereocenters. The summed E-state index contributed by atoms with van der Waals surface area (Å²) in [4.78, 5) is 17.0. The maximum Gasteiger partial charge on any atom is 0.223 e. The average Bonchev–Trinajstić information content (AvgIpc) is 3.43. The van der Waals surface area contributed by atoms with Crippen LogP contribution in [0.3, 0.4) is 0 Å². The van der Waals surface area contributed by atoms with Gasteiger partial charge in [0.05, 0.1) is 0 Å². The van der Waals surface area contributed by atoms with Gasteiger partial charge < -0.3 is 9.80 Å². The van der Waals surface area contributed by atoms with Crippen LogP contribution in [0.25, 0.3) is 0 Å². The Labute approximate surface area is 151 Å². The molecule has 2 aliphatic rings. The molecule has 3 nitrogen and oxygen atoms in total. The van der Waals surface area contributed by atoms with Crippen molar-refractivity contribution in [3.8, 4) is 0 Å². The third-order valence-electron chi connectivity index (χ3n) is 5.19. The number of hydrogen-bond donors (Lipinski definition) is 0. The number of likely N-dealkylation sites (tertiary alicyclic amines) is 1. The number of halogens is 1. The molecule has 3 rings (SSSR count). The summed E-state index contributed by atoms with van der Waals surface area (Å²) in [6.45, 7) is 5.02. The van der Waals surface area contributed by atoms with E-state index in [1.54, 1.807) is 0 Å². The van der Waals surface area contributed by atoms with Crippen molar-refractivity contribution in [2.45, 2.75) is 44.9 Å². The number of rotatable bonds is 8. The number of hydrogen-bond acceptors (Lipinski definition) is 2. The molecule has 1 saturated carbocycles. The molecule has 0 N–H and O–H groups in total. The van der Waals surface area contributed by atoms with E-state index in [-0.39, 0.29) is 0 Å². The molecule has 1 aromatic carbocycles. The van der Waals surface area contributed by atoms with E-state index in [2.05, 4.69) is 21.9 Å². The Morgan fingerprint density at radius 1 is 1.08 bits per heavy atom. The molecule has 2 fully saturated rings. The van der Waals surface area contributed by atoms with Gasteiger partial charge in [0, 0.05) is 44.2 Å². The van der Waals surface area contributed by atoms with Crippen molar-refractivity contribution in [2.24, 2.45) is 5.92 Å². The monoisotopic (exact) mass is 348 g/mol. The van der Waals surface area contributed by atoms with Gasteiger partial charge in [-0.3, -0.25) is 4.79 Å². The summed E-state index contributed by atoms with van der Waals surface area (Å²) in [7, 11) is 0. The largest absolute Gasteiger partial charge is 0.343 e. The Balaban J connectivity index is 1.45. The highest BCUT2D eigenvalue weighted by molar-refractivity contribution is 6.30. The highest BCUT2D eigenvalue weighted by Crippen LogP contribution is 2.29. The van der Waals surface area contributed by atoms with Crippen molar-refractivity contribution in [2.75, 3.05) is 32.7 Å². The Hall–Kier alpha value is -1.06. The normalized spacial score (nSPS) is 18.2. The second-order valence-corrected chi connectivity index (χ2v) is 7.75. The Bertz CT molecular complexity index is 521. The minimum atomic E-state index is 0.349. The van der Waals surface area contributed by atoms with Gasteiger partial charge >= 0.3 is 0 Å². The van der Waals surface area contributed by atoms with Gasteiger partial charge in [-0.2, -0.15) is 0 Å². The summed E-state index contributed by atoms with van der Waals surface area (Å²) in [5, 5.41) is 0.792. The summed E-state index contributed by atoms with van der Waals surface area (Å²) in [6, 6.07) is 8.14. The van der Waals surface area contributed by atoms with Gasteiger partial charge in [0.15, 0.2) is 0 Å². The Kier molecular flexibility index (Phi) is 6.56. The maximum atomic E-state index is 12.4. The Morgan fingerprint density at radius 3 is 2.46 bits per heavy atom. The predicted molar refractivity (Wildman–Crippen MR) is 99.4 cm³/mol. The van der Waals surface area contributed by atoms with Gasteiger partial charge in [-0.15, -0.1) is 0 Å². The first-order valence-corrected chi connectivity index (χ1v) is 9.83. The Morgan fingerprint density at radius 2 is 1.79 bits per heavy atom. The zero-order valence-corrected chi connectivity index (χ0v) is 15.3. The number of piperidine rings is 1. The van der Waals surface area contributed by atoms with Gasteiger partial charge in [-0.05, 0) is 62.1 Å². The van der Waals surface area contributed by atoms with Crippen LogP contribution in [-0.4, -0.2) is 48.4 Å². The third kappa shape index (κ3) is 5.78. The van der Waals surface area contributed by atoms with Crippen LogP contribution in [-0.2, 0) is 11.2 Å². The van der Waals surface area contributed by atoms with Gasteiger partial charge in [-0.25, -0.2) is 0 Å². The standard InChI is InChI=1S/C20H29ClN2O/c21-19-8-6-17(7-9-19)10-14-22(16-18-4-5-18)15-11-20(24)23-12-2-1-3-13-23/h6-9,18H,1-5,10-16H2. The maximum absolute atomic E-state index is 12.4. The lowest BCUT2D eigenvalue weighted by Gasteiger charge is -2.28. The second kappa shape index (κ2) is 8.87. The van der Waals surface area contributed by atoms with E-state index in [4.69, 9.17) is 11.6 Å². The van der Waals surface area contributed by atoms with Crippen molar-refractivity contribution in [1.29, 1.82) is 0 Å². The zero-order chi connectivity index (χ0) is 16.8. The molecular weight excluding hydrogens is 320 g/mol. The van der Waals surface area contributed by atoms with E-state index in [0.717, 1.165) is 50.1 Å². The van der Waals surface area contributed by atoms with E-state index in [1.165, 1.54) is 37.7 Å². The number of amides is 1. The van der Waals surface area contributed by atoms with Gasteiger partial charge in [0.2, 0.25) is 5.91 Å². The third-order valence-corrected chi connectivity index (χ3v) is 5.45. The lowest BCUT2D eigenvalue weighted by Crippen LogP contribution is -2.38.